The predicted octanol–water partition coefficient (Wildman–Crippen LogP) is 3.88. The van der Waals surface area contributed by atoms with E-state index in [1.54, 1.807) is 0 Å². The number of aromatic nitrogens is 1. The minimum Gasteiger partial charge on any atom is -0.379 e. The molecule has 2 N–H and O–H groups in total. The number of fused-ring (bicyclic) bond motifs is 1. The standard InChI is InChI=1S/C26H38N4O2S/c1-19-9-10-21-17-22(25(31)28-24(21)20(19)2)18-30(23-7-4-3-5-8-23)26(33)27-11-6-12-29-13-15-32-16-14-29/h9-10,17,23H,3-8,11-16,18H2,1-2H3,(H,27,33)(H,28,31). The van der Waals surface area contributed by atoms with Gasteiger partial charge in [0.15, 0.2) is 5.11 Å². The Balaban J connectivity index is 1.45. The van der Waals surface area contributed by atoms with Crippen molar-refractivity contribution in [2.24, 2.45) is 0 Å². The molecule has 0 atom stereocenters. The Morgan fingerprint density at radius 3 is 2.73 bits per heavy atom. The molecule has 1 aromatic heterocycles. The zero-order valence-electron chi connectivity index (χ0n) is 20.1. The van der Waals surface area contributed by atoms with Crippen LogP contribution < -0.4 is 10.9 Å². The van der Waals surface area contributed by atoms with Gasteiger partial charge < -0.3 is 19.9 Å². The van der Waals surface area contributed by atoms with Crippen LogP contribution in [0.25, 0.3) is 10.9 Å². The van der Waals surface area contributed by atoms with Crippen molar-refractivity contribution in [1.29, 1.82) is 0 Å². The molecule has 180 valence electrons. The molecular weight excluding hydrogens is 432 g/mol. The van der Waals surface area contributed by atoms with Crippen molar-refractivity contribution in [3.8, 4) is 0 Å². The summed E-state index contributed by atoms with van der Waals surface area (Å²) >= 11 is 5.87. The second-order valence-electron chi connectivity index (χ2n) is 9.55. The van der Waals surface area contributed by atoms with E-state index in [0.717, 1.165) is 85.8 Å². The molecule has 2 aliphatic rings. The molecule has 1 aliphatic heterocycles. The molecular formula is C26H38N4O2S. The summed E-state index contributed by atoms with van der Waals surface area (Å²) < 4.78 is 5.44. The number of morpholine rings is 1. The molecule has 4 rings (SSSR count). The summed E-state index contributed by atoms with van der Waals surface area (Å²) in [7, 11) is 0. The maximum atomic E-state index is 13.0. The van der Waals surface area contributed by atoms with Crippen molar-refractivity contribution in [1.82, 2.24) is 20.1 Å². The number of thiocarbonyl (C=S) groups is 1. The van der Waals surface area contributed by atoms with Crippen LogP contribution in [0.2, 0.25) is 0 Å². The largest absolute Gasteiger partial charge is 0.379 e. The highest BCUT2D eigenvalue weighted by molar-refractivity contribution is 7.80. The van der Waals surface area contributed by atoms with E-state index in [4.69, 9.17) is 17.0 Å². The minimum atomic E-state index is -0.00729. The Hall–Kier alpha value is -1.96. The second kappa shape index (κ2) is 11.4. The van der Waals surface area contributed by atoms with Crippen LogP contribution in [-0.2, 0) is 11.3 Å². The molecule has 0 bridgehead atoms. The third-order valence-corrected chi connectivity index (χ3v) is 7.65. The van der Waals surface area contributed by atoms with Crippen LogP contribution in [0.15, 0.2) is 23.0 Å². The lowest BCUT2D eigenvalue weighted by Gasteiger charge is -2.36. The predicted molar refractivity (Wildman–Crippen MR) is 139 cm³/mol. The van der Waals surface area contributed by atoms with Gasteiger partial charge in [-0.2, -0.15) is 0 Å². The fraction of sp³-hybridized carbons (Fsp3) is 0.615. The highest BCUT2D eigenvalue weighted by Gasteiger charge is 2.24. The van der Waals surface area contributed by atoms with Crippen molar-refractivity contribution in [3.05, 3.63) is 45.2 Å². The summed E-state index contributed by atoms with van der Waals surface area (Å²) in [5.74, 6) is 0. The Morgan fingerprint density at radius 2 is 1.97 bits per heavy atom. The van der Waals surface area contributed by atoms with Crippen LogP contribution in [0.4, 0.5) is 0 Å². The van der Waals surface area contributed by atoms with E-state index in [0.29, 0.717) is 12.6 Å². The Labute approximate surface area is 202 Å². The summed E-state index contributed by atoms with van der Waals surface area (Å²) in [5.41, 5.74) is 4.05. The fourth-order valence-corrected chi connectivity index (χ4v) is 5.37. The van der Waals surface area contributed by atoms with Crippen molar-refractivity contribution in [3.63, 3.8) is 0 Å². The SMILES string of the molecule is Cc1ccc2cc(CN(C(=S)NCCCN3CCOCC3)C3CCCCC3)c(=O)[nH]c2c1C. The molecule has 0 spiro atoms. The number of hydrogen-bond acceptors (Lipinski definition) is 4. The van der Waals surface area contributed by atoms with Gasteiger partial charge in [0.05, 0.1) is 25.3 Å². The Kier molecular flexibility index (Phi) is 8.39. The molecule has 0 amide bonds. The molecule has 6 nitrogen and oxygen atoms in total. The van der Waals surface area contributed by atoms with Gasteiger partial charge in [0.25, 0.3) is 5.56 Å². The smallest absolute Gasteiger partial charge is 0.253 e. The van der Waals surface area contributed by atoms with Gasteiger partial charge in [-0.3, -0.25) is 9.69 Å². The van der Waals surface area contributed by atoms with E-state index in [1.807, 2.05) is 0 Å². The first-order chi connectivity index (χ1) is 16.0. The zero-order valence-corrected chi connectivity index (χ0v) is 20.9. The van der Waals surface area contributed by atoms with E-state index in [-0.39, 0.29) is 5.56 Å². The van der Waals surface area contributed by atoms with Crippen LogP contribution in [0.1, 0.15) is 55.2 Å². The van der Waals surface area contributed by atoms with Crippen molar-refractivity contribution >= 4 is 28.2 Å². The molecule has 0 unspecified atom stereocenters. The Bertz CT molecular complexity index is 1010. The first-order valence-corrected chi connectivity index (χ1v) is 12.9. The quantitative estimate of drug-likeness (QED) is 0.473. The molecule has 2 aromatic rings. The number of pyridine rings is 1. The number of H-pyrrole nitrogens is 1. The third kappa shape index (κ3) is 6.14. The van der Waals surface area contributed by atoms with Crippen LogP contribution >= 0.6 is 12.2 Å². The van der Waals surface area contributed by atoms with Crippen molar-refractivity contribution < 1.29 is 4.74 Å². The van der Waals surface area contributed by atoms with E-state index < -0.39 is 0 Å². The molecule has 1 aliphatic carbocycles. The molecule has 2 fully saturated rings. The van der Waals surface area contributed by atoms with E-state index in [2.05, 4.69) is 52.1 Å². The monoisotopic (exact) mass is 470 g/mol. The molecule has 33 heavy (non-hydrogen) atoms. The van der Waals surface area contributed by atoms with Crippen LogP contribution in [0, 0.1) is 13.8 Å². The molecule has 1 aromatic carbocycles. The number of aryl methyl sites for hydroxylation is 2. The number of aromatic amines is 1. The van der Waals surface area contributed by atoms with Gasteiger partial charge in [-0.25, -0.2) is 0 Å². The summed E-state index contributed by atoms with van der Waals surface area (Å²) in [6.07, 6.45) is 7.08. The summed E-state index contributed by atoms with van der Waals surface area (Å²) in [6, 6.07) is 6.67. The second-order valence-corrected chi connectivity index (χ2v) is 9.94. The molecule has 7 heteroatoms. The number of ether oxygens (including phenoxy) is 1. The molecule has 0 radical (unpaired) electrons. The number of hydrogen-bond donors (Lipinski definition) is 2. The average Bonchev–Trinajstić information content (AvgIpc) is 2.84. The number of nitrogens with one attached hydrogen (secondary N) is 2. The highest BCUT2D eigenvalue weighted by atomic mass is 32.1. The Morgan fingerprint density at radius 1 is 1.21 bits per heavy atom. The number of rotatable bonds is 7. The van der Waals surface area contributed by atoms with E-state index >= 15 is 0 Å². The molecule has 1 saturated heterocycles. The maximum Gasteiger partial charge on any atom is 0.253 e. The summed E-state index contributed by atoms with van der Waals surface area (Å²) in [5, 5.41) is 5.37. The van der Waals surface area contributed by atoms with Crippen molar-refractivity contribution in [2.75, 3.05) is 39.4 Å². The minimum absolute atomic E-state index is 0.00729. The lowest BCUT2D eigenvalue weighted by atomic mass is 9.94. The van der Waals surface area contributed by atoms with Crippen molar-refractivity contribution in [2.45, 2.75) is 65.0 Å². The lowest BCUT2D eigenvalue weighted by molar-refractivity contribution is 0.0375. The van der Waals surface area contributed by atoms with Crippen LogP contribution in [-0.4, -0.2) is 65.3 Å². The third-order valence-electron chi connectivity index (χ3n) is 7.28. The molecule has 1 saturated carbocycles. The summed E-state index contributed by atoms with van der Waals surface area (Å²) in [4.78, 5) is 20.9. The van der Waals surface area contributed by atoms with Crippen LogP contribution in [0.3, 0.4) is 0 Å². The van der Waals surface area contributed by atoms with E-state index in [1.165, 1.54) is 24.8 Å². The fourth-order valence-electron chi connectivity index (χ4n) is 5.05. The van der Waals surface area contributed by atoms with Gasteiger partial charge >= 0.3 is 0 Å². The lowest BCUT2D eigenvalue weighted by Crippen LogP contribution is -2.47. The van der Waals surface area contributed by atoms with Gasteiger partial charge in [-0.1, -0.05) is 31.4 Å². The number of nitrogens with zero attached hydrogens (tertiary/aromatic N) is 2. The van der Waals surface area contributed by atoms with Gasteiger partial charge in [0.1, 0.15) is 0 Å². The van der Waals surface area contributed by atoms with E-state index in [9.17, 15) is 4.79 Å². The van der Waals surface area contributed by atoms with Gasteiger partial charge in [-0.05, 0) is 74.5 Å². The normalized spacial score (nSPS) is 17.9. The zero-order chi connectivity index (χ0) is 23.2. The average molecular weight is 471 g/mol. The van der Waals surface area contributed by atoms with Gasteiger partial charge in [-0.15, -0.1) is 0 Å². The first kappa shape index (κ1) is 24.2. The summed E-state index contributed by atoms with van der Waals surface area (Å²) in [6.45, 7) is 10.3. The van der Waals surface area contributed by atoms with Crippen LogP contribution in [0.5, 0.6) is 0 Å². The first-order valence-electron chi connectivity index (χ1n) is 12.5. The van der Waals surface area contributed by atoms with Gasteiger partial charge in [0.2, 0.25) is 0 Å². The highest BCUT2D eigenvalue weighted by Crippen LogP contribution is 2.25. The topological polar surface area (TPSA) is 60.6 Å². The van der Waals surface area contributed by atoms with Gasteiger partial charge in [0, 0.05) is 31.2 Å². The maximum absolute atomic E-state index is 13.0. The molecule has 2 heterocycles. The number of benzene rings is 1.